The summed E-state index contributed by atoms with van der Waals surface area (Å²) < 4.78 is 5.16. The summed E-state index contributed by atoms with van der Waals surface area (Å²) in [6, 6.07) is 11.3. The third-order valence-corrected chi connectivity index (χ3v) is 2.69. The van der Waals surface area contributed by atoms with Gasteiger partial charge in [-0.3, -0.25) is 4.98 Å². The van der Waals surface area contributed by atoms with Crippen LogP contribution in [0, 0.1) is 0 Å². The lowest BCUT2D eigenvalue weighted by molar-refractivity contribution is 0.411. The molecule has 2 heterocycles. The summed E-state index contributed by atoms with van der Waals surface area (Å²) in [6.45, 7) is 0. The van der Waals surface area contributed by atoms with Crippen LogP contribution >= 0.6 is 0 Å². The monoisotopic (exact) mass is 264 g/mol. The zero-order chi connectivity index (χ0) is 13.8. The summed E-state index contributed by atoms with van der Waals surface area (Å²) in [7, 11) is 0. The van der Waals surface area contributed by atoms with E-state index in [2.05, 4.69) is 15.1 Å². The van der Waals surface area contributed by atoms with Gasteiger partial charge in [0.05, 0.1) is 0 Å². The molecule has 0 atom stereocenters. The van der Waals surface area contributed by atoms with Crippen LogP contribution in [0.25, 0.3) is 23.5 Å². The fourth-order valence-electron chi connectivity index (χ4n) is 1.75. The van der Waals surface area contributed by atoms with Gasteiger partial charge in [-0.1, -0.05) is 17.3 Å². The maximum absolute atomic E-state index is 5.72. The van der Waals surface area contributed by atoms with E-state index >= 15 is 0 Å². The Bertz CT molecular complexity index is 734. The highest BCUT2D eigenvalue weighted by atomic mass is 16.5. The first-order chi connectivity index (χ1) is 9.81. The number of benzene rings is 1. The predicted octanol–water partition coefficient (Wildman–Crippen LogP) is 2.88. The number of hydrogen-bond acceptors (Lipinski definition) is 5. The molecule has 2 aromatic heterocycles. The molecule has 0 radical (unpaired) electrons. The number of nitrogen functional groups attached to an aromatic ring is 1. The van der Waals surface area contributed by atoms with Crippen LogP contribution in [0.2, 0.25) is 0 Å². The molecule has 3 aromatic rings. The van der Waals surface area contributed by atoms with Gasteiger partial charge in [0.1, 0.15) is 0 Å². The Kier molecular flexibility index (Phi) is 3.24. The van der Waals surface area contributed by atoms with E-state index in [1.807, 2.05) is 42.5 Å². The molecule has 2 N–H and O–H groups in total. The predicted molar refractivity (Wildman–Crippen MR) is 77.3 cm³/mol. The van der Waals surface area contributed by atoms with E-state index in [4.69, 9.17) is 10.3 Å². The van der Waals surface area contributed by atoms with Crippen molar-refractivity contribution in [1.29, 1.82) is 0 Å². The zero-order valence-corrected chi connectivity index (χ0v) is 10.6. The van der Waals surface area contributed by atoms with Crippen molar-refractivity contribution < 1.29 is 4.52 Å². The molecule has 0 spiro atoms. The average Bonchev–Trinajstić information content (AvgIpc) is 2.95. The number of anilines is 1. The number of aromatic nitrogens is 3. The summed E-state index contributed by atoms with van der Waals surface area (Å²) in [5.41, 5.74) is 8.23. The first-order valence-electron chi connectivity index (χ1n) is 6.09. The highest BCUT2D eigenvalue weighted by Crippen LogP contribution is 2.15. The summed E-state index contributed by atoms with van der Waals surface area (Å²) in [4.78, 5) is 8.30. The quantitative estimate of drug-likeness (QED) is 0.736. The van der Waals surface area contributed by atoms with Crippen molar-refractivity contribution in [3.8, 4) is 11.4 Å². The maximum Gasteiger partial charge on any atom is 0.250 e. The van der Waals surface area contributed by atoms with Crippen LogP contribution in [0.3, 0.4) is 0 Å². The Hall–Kier alpha value is -2.95. The second kappa shape index (κ2) is 5.36. The van der Waals surface area contributed by atoms with Crippen molar-refractivity contribution >= 4 is 17.8 Å². The minimum Gasteiger partial charge on any atom is -0.399 e. The molecule has 0 amide bonds. The molecule has 0 unspecified atom stereocenters. The van der Waals surface area contributed by atoms with Crippen molar-refractivity contribution in [2.45, 2.75) is 0 Å². The van der Waals surface area contributed by atoms with Crippen molar-refractivity contribution in [2.75, 3.05) is 5.73 Å². The van der Waals surface area contributed by atoms with E-state index in [0.29, 0.717) is 17.4 Å². The average molecular weight is 264 g/mol. The van der Waals surface area contributed by atoms with Crippen molar-refractivity contribution in [3.63, 3.8) is 0 Å². The van der Waals surface area contributed by atoms with E-state index in [1.54, 1.807) is 18.5 Å². The van der Waals surface area contributed by atoms with E-state index in [-0.39, 0.29) is 0 Å². The minimum absolute atomic E-state index is 0.436. The van der Waals surface area contributed by atoms with E-state index in [1.165, 1.54) is 0 Å². The topological polar surface area (TPSA) is 77.8 Å². The van der Waals surface area contributed by atoms with E-state index < -0.39 is 0 Å². The Labute approximate surface area is 115 Å². The number of nitrogens with two attached hydrogens (primary N) is 1. The molecule has 0 bridgehead atoms. The Balaban J connectivity index is 1.81. The van der Waals surface area contributed by atoms with Gasteiger partial charge in [-0.25, -0.2) is 0 Å². The van der Waals surface area contributed by atoms with Gasteiger partial charge in [-0.15, -0.1) is 0 Å². The highest BCUT2D eigenvalue weighted by molar-refractivity contribution is 5.68. The molecule has 5 heteroatoms. The third kappa shape index (κ3) is 2.72. The lowest BCUT2D eigenvalue weighted by Gasteiger charge is -1.94. The smallest absolute Gasteiger partial charge is 0.250 e. The second-order valence-corrected chi connectivity index (χ2v) is 4.20. The van der Waals surface area contributed by atoms with Gasteiger partial charge in [-0.2, -0.15) is 4.98 Å². The molecule has 5 nitrogen and oxygen atoms in total. The summed E-state index contributed by atoms with van der Waals surface area (Å²) in [6.07, 6.45) is 7.01. The third-order valence-electron chi connectivity index (χ3n) is 2.69. The Morgan fingerprint density at radius 3 is 2.85 bits per heavy atom. The molecular formula is C15H12N4O. The van der Waals surface area contributed by atoms with Crippen molar-refractivity contribution in [2.24, 2.45) is 0 Å². The largest absolute Gasteiger partial charge is 0.399 e. The fraction of sp³-hybridized carbons (Fsp3) is 0. The van der Waals surface area contributed by atoms with Crippen LogP contribution in [0.4, 0.5) is 5.69 Å². The number of pyridine rings is 1. The van der Waals surface area contributed by atoms with Gasteiger partial charge >= 0.3 is 0 Å². The molecule has 0 aliphatic rings. The van der Waals surface area contributed by atoms with Crippen LogP contribution in [0.5, 0.6) is 0 Å². The molecule has 0 saturated carbocycles. The van der Waals surface area contributed by atoms with Gasteiger partial charge in [0.2, 0.25) is 5.82 Å². The maximum atomic E-state index is 5.72. The lowest BCUT2D eigenvalue weighted by atomic mass is 10.2. The van der Waals surface area contributed by atoms with Crippen LogP contribution in [-0.2, 0) is 0 Å². The Morgan fingerprint density at radius 1 is 1.10 bits per heavy atom. The first-order valence-corrected chi connectivity index (χ1v) is 6.09. The SMILES string of the molecule is Nc1cccc(/C=C/c2nc(-c3cccnc3)no2)c1. The summed E-state index contributed by atoms with van der Waals surface area (Å²) in [5, 5.41) is 3.91. The molecule has 1 aromatic carbocycles. The second-order valence-electron chi connectivity index (χ2n) is 4.20. The number of hydrogen-bond donors (Lipinski definition) is 1. The standard InChI is InChI=1S/C15H12N4O/c16-13-5-1-3-11(9-13)6-7-14-18-15(19-20-14)12-4-2-8-17-10-12/h1-10H,16H2/b7-6+. The number of nitrogens with zero attached hydrogens (tertiary/aromatic N) is 3. The normalized spacial score (nSPS) is 11.0. The van der Waals surface area contributed by atoms with Crippen LogP contribution in [0.1, 0.15) is 11.5 Å². The van der Waals surface area contributed by atoms with Gasteiger partial charge < -0.3 is 10.3 Å². The van der Waals surface area contributed by atoms with Crippen LogP contribution < -0.4 is 5.73 Å². The van der Waals surface area contributed by atoms with Gasteiger partial charge in [-0.05, 0) is 35.9 Å². The van der Waals surface area contributed by atoms with Crippen LogP contribution in [-0.4, -0.2) is 15.1 Å². The Morgan fingerprint density at radius 2 is 2.05 bits per heavy atom. The fourth-order valence-corrected chi connectivity index (χ4v) is 1.75. The number of rotatable bonds is 3. The van der Waals surface area contributed by atoms with Gasteiger partial charge in [0.15, 0.2) is 0 Å². The molecule has 0 saturated heterocycles. The van der Waals surface area contributed by atoms with Crippen molar-refractivity contribution in [1.82, 2.24) is 15.1 Å². The molecule has 20 heavy (non-hydrogen) atoms. The van der Waals surface area contributed by atoms with Gasteiger partial charge in [0.25, 0.3) is 5.89 Å². The van der Waals surface area contributed by atoms with E-state index in [9.17, 15) is 0 Å². The minimum atomic E-state index is 0.436. The molecule has 3 rings (SSSR count). The first kappa shape index (κ1) is 12.1. The lowest BCUT2D eigenvalue weighted by Crippen LogP contribution is -1.83. The summed E-state index contributed by atoms with van der Waals surface area (Å²) in [5.74, 6) is 0.955. The molecule has 98 valence electrons. The summed E-state index contributed by atoms with van der Waals surface area (Å²) >= 11 is 0. The molecule has 0 aliphatic heterocycles. The molecule has 0 aliphatic carbocycles. The highest BCUT2D eigenvalue weighted by Gasteiger charge is 2.05. The van der Waals surface area contributed by atoms with E-state index in [0.717, 1.165) is 11.1 Å². The zero-order valence-electron chi connectivity index (χ0n) is 10.6. The van der Waals surface area contributed by atoms with Crippen molar-refractivity contribution in [3.05, 3.63) is 60.2 Å². The van der Waals surface area contributed by atoms with Crippen LogP contribution in [0.15, 0.2) is 53.3 Å². The van der Waals surface area contributed by atoms with Gasteiger partial charge in [0, 0.05) is 29.7 Å². The molecule has 0 fully saturated rings. The molecular weight excluding hydrogens is 252 g/mol.